The molecule has 0 radical (unpaired) electrons. The fraction of sp³-hybridized carbons (Fsp3) is 0.744. The molecule has 0 saturated heterocycles. The van der Waals surface area contributed by atoms with E-state index in [4.69, 9.17) is 9.05 Å². The normalized spacial score (nSPS) is 14.2. The van der Waals surface area contributed by atoms with Crippen LogP contribution in [-0.2, 0) is 18.4 Å². The molecule has 0 heterocycles. The summed E-state index contributed by atoms with van der Waals surface area (Å²) in [6.07, 6.45) is 106. The van der Waals surface area contributed by atoms with Gasteiger partial charge in [-0.1, -0.05) is 360 Å². The zero-order chi connectivity index (χ0) is 66.2. The van der Waals surface area contributed by atoms with Crippen LogP contribution < -0.4 is 10.2 Å². The first-order valence-corrected chi connectivity index (χ1v) is 39.9. The third-order valence-electron chi connectivity index (χ3n) is 16.9. The SMILES string of the molecule is CC/C=C\C/C=C\C/C=C\C/C=C\C/C=C\C/C=C\C/C=C\C/C=C\CCCCCCCCCCCCCCCCC(=O)NC(COP(=O)([O-])OCC[N+](C)(C)C)C(O)/C=C/CC/C=C/CCCCCCCCCCCCCCCCCCCCCCCCCC. The zero-order valence-electron chi connectivity index (χ0n) is 60.3. The third-order valence-corrected chi connectivity index (χ3v) is 17.9. The number of carbonyl (C=O) groups is 1. The maximum atomic E-state index is 13.1. The maximum Gasteiger partial charge on any atom is 0.268 e. The predicted octanol–water partition coefficient (Wildman–Crippen LogP) is 24.5. The number of rotatable bonds is 70. The lowest BCUT2D eigenvalue weighted by molar-refractivity contribution is -0.870. The molecule has 0 spiro atoms. The van der Waals surface area contributed by atoms with E-state index in [0.717, 1.165) is 89.9 Å². The number of nitrogens with zero attached hydrogens (tertiary/aromatic N) is 1. The highest BCUT2D eigenvalue weighted by Gasteiger charge is 2.23. The molecule has 0 fully saturated rings. The quantitative estimate of drug-likeness (QED) is 0.0272. The average molecular weight is 1290 g/mol. The van der Waals surface area contributed by atoms with E-state index in [-0.39, 0.29) is 12.5 Å². The van der Waals surface area contributed by atoms with E-state index in [9.17, 15) is 19.4 Å². The molecule has 0 aliphatic rings. The molecule has 0 aromatic rings. The Labute approximate surface area is 564 Å². The van der Waals surface area contributed by atoms with Crippen LogP contribution in [0.1, 0.15) is 341 Å². The molecule has 9 heteroatoms. The van der Waals surface area contributed by atoms with Gasteiger partial charge in [0.05, 0.1) is 39.9 Å². The van der Waals surface area contributed by atoms with Crippen LogP contribution in [0.15, 0.2) is 122 Å². The molecule has 526 valence electrons. The summed E-state index contributed by atoms with van der Waals surface area (Å²) >= 11 is 0. The van der Waals surface area contributed by atoms with E-state index < -0.39 is 26.6 Å². The smallest absolute Gasteiger partial charge is 0.268 e. The number of quaternary nitrogens is 1. The largest absolute Gasteiger partial charge is 0.756 e. The van der Waals surface area contributed by atoms with Gasteiger partial charge < -0.3 is 28.8 Å². The number of allylic oxidation sites excluding steroid dienone is 19. The summed E-state index contributed by atoms with van der Waals surface area (Å²) in [5.74, 6) is -0.208. The minimum absolute atomic E-state index is 0.0102. The van der Waals surface area contributed by atoms with Crippen LogP contribution >= 0.6 is 7.82 Å². The van der Waals surface area contributed by atoms with E-state index in [0.29, 0.717) is 17.4 Å². The van der Waals surface area contributed by atoms with Crippen molar-refractivity contribution in [1.82, 2.24) is 5.32 Å². The van der Waals surface area contributed by atoms with E-state index in [1.807, 2.05) is 27.2 Å². The van der Waals surface area contributed by atoms with Gasteiger partial charge in [0.15, 0.2) is 0 Å². The Morgan fingerprint density at radius 3 is 1.02 bits per heavy atom. The zero-order valence-corrected chi connectivity index (χ0v) is 61.2. The molecule has 0 saturated carbocycles. The van der Waals surface area contributed by atoms with Crippen LogP contribution in [-0.4, -0.2) is 68.5 Å². The minimum atomic E-state index is -4.62. The van der Waals surface area contributed by atoms with Crippen molar-refractivity contribution in [3.05, 3.63) is 122 Å². The Balaban J connectivity index is 4.07. The number of likely N-dealkylation sites (N-methyl/N-ethyl adjacent to an activating group) is 1. The molecule has 0 aliphatic heterocycles. The lowest BCUT2D eigenvalue weighted by atomic mass is 10.0. The van der Waals surface area contributed by atoms with Gasteiger partial charge in [0, 0.05) is 6.42 Å². The van der Waals surface area contributed by atoms with Gasteiger partial charge in [-0.15, -0.1) is 0 Å². The highest BCUT2D eigenvalue weighted by molar-refractivity contribution is 7.45. The third kappa shape index (κ3) is 74.2. The molecule has 0 aromatic heterocycles. The van der Waals surface area contributed by atoms with Crippen LogP contribution in [0.5, 0.6) is 0 Å². The molecule has 2 N–H and O–H groups in total. The fourth-order valence-corrected chi connectivity index (χ4v) is 11.7. The lowest BCUT2D eigenvalue weighted by Crippen LogP contribution is -2.45. The molecule has 0 rings (SSSR count). The maximum absolute atomic E-state index is 13.1. The number of nitrogens with one attached hydrogen (secondary N) is 1. The molecular weight excluding hydrogens is 1140 g/mol. The topological polar surface area (TPSA) is 108 Å². The van der Waals surface area contributed by atoms with Crippen LogP contribution in [0.4, 0.5) is 0 Å². The highest BCUT2D eigenvalue weighted by Crippen LogP contribution is 2.38. The predicted molar refractivity (Wildman–Crippen MR) is 399 cm³/mol. The summed E-state index contributed by atoms with van der Waals surface area (Å²) in [5, 5.41) is 14.0. The molecule has 1 amide bonds. The lowest BCUT2D eigenvalue weighted by Gasteiger charge is -2.29. The minimum Gasteiger partial charge on any atom is -0.756 e. The molecule has 0 aliphatic carbocycles. The van der Waals surface area contributed by atoms with Crippen LogP contribution in [0.25, 0.3) is 0 Å². The van der Waals surface area contributed by atoms with E-state index in [2.05, 4.69) is 129 Å². The molecule has 3 atom stereocenters. The summed E-state index contributed by atoms with van der Waals surface area (Å²) in [5.41, 5.74) is 0. The van der Waals surface area contributed by atoms with Gasteiger partial charge >= 0.3 is 0 Å². The first-order valence-electron chi connectivity index (χ1n) is 38.4. The Bertz CT molecular complexity index is 1900. The van der Waals surface area contributed by atoms with Crippen molar-refractivity contribution in [1.29, 1.82) is 0 Å². The second-order valence-electron chi connectivity index (χ2n) is 27.0. The summed E-state index contributed by atoms with van der Waals surface area (Å²) < 4.78 is 23.5. The number of aliphatic hydroxyl groups is 1. The highest BCUT2D eigenvalue weighted by atomic mass is 31.2. The van der Waals surface area contributed by atoms with Gasteiger partial charge in [0.1, 0.15) is 13.2 Å². The van der Waals surface area contributed by atoms with Gasteiger partial charge in [0.25, 0.3) is 7.82 Å². The van der Waals surface area contributed by atoms with Crippen molar-refractivity contribution in [3.8, 4) is 0 Å². The number of hydrogen-bond donors (Lipinski definition) is 2. The van der Waals surface area contributed by atoms with Crippen LogP contribution in [0.3, 0.4) is 0 Å². The van der Waals surface area contributed by atoms with Gasteiger partial charge in [-0.25, -0.2) is 0 Å². The number of phosphoric ester groups is 1. The number of amides is 1. The molecule has 0 bridgehead atoms. The second-order valence-corrected chi connectivity index (χ2v) is 28.4. The second kappa shape index (κ2) is 71.2. The van der Waals surface area contributed by atoms with Gasteiger partial charge in [-0.3, -0.25) is 9.36 Å². The fourth-order valence-electron chi connectivity index (χ4n) is 11.0. The van der Waals surface area contributed by atoms with Crippen molar-refractivity contribution < 1.29 is 32.9 Å². The summed E-state index contributed by atoms with van der Waals surface area (Å²) in [6.45, 7) is 4.55. The van der Waals surface area contributed by atoms with Crippen molar-refractivity contribution in [2.45, 2.75) is 353 Å². The van der Waals surface area contributed by atoms with E-state index >= 15 is 0 Å². The molecule has 91 heavy (non-hydrogen) atoms. The van der Waals surface area contributed by atoms with Crippen molar-refractivity contribution in [2.24, 2.45) is 0 Å². The van der Waals surface area contributed by atoms with E-state index in [1.165, 1.54) is 231 Å². The Morgan fingerprint density at radius 1 is 0.396 bits per heavy atom. The Morgan fingerprint density at radius 2 is 0.681 bits per heavy atom. The number of carbonyl (C=O) groups excluding carboxylic acids is 1. The van der Waals surface area contributed by atoms with Gasteiger partial charge in [0.2, 0.25) is 5.91 Å². The monoisotopic (exact) mass is 1290 g/mol. The number of aliphatic hydroxyl groups excluding tert-OH is 1. The van der Waals surface area contributed by atoms with Crippen molar-refractivity contribution in [2.75, 3.05) is 40.9 Å². The standard InChI is InChI=1S/C82H147N2O6P/c1-6-8-10-12-14-16-18-20-22-24-26-28-30-32-34-36-38-39-40-41-42-43-44-45-46-48-50-52-54-56-58-60-62-64-66-68-70-72-74-76-82(86)83-80(79-90-91(87,88)89-78-77-84(3,4)5)81(85)75-73-71-69-67-65-63-61-59-57-55-53-51-49-47-37-35-33-31-29-27-25-23-21-19-17-15-13-11-9-7-2/h8,10,14,16,20,22,26,28,32,34,38-39,41-42,44-45,65,67,73,75,80-81,85H,6-7,9,11-13,15,17-19,21,23-25,27,29-31,33,35-37,40,43,46-64,66,68-72,74,76-79H2,1-5H3,(H-,83,86,87,88)/b10-8-,16-14-,22-20-,28-26-,34-32-,39-38-,42-41-,45-44-,67-65+,75-73+. The Kier molecular flexibility index (Phi) is 68.8. The first-order chi connectivity index (χ1) is 44.5. The van der Waals surface area contributed by atoms with Crippen molar-refractivity contribution in [3.63, 3.8) is 0 Å². The van der Waals surface area contributed by atoms with Crippen LogP contribution in [0, 0.1) is 0 Å². The summed E-state index contributed by atoms with van der Waals surface area (Å²) in [6, 6.07) is -0.913. The van der Waals surface area contributed by atoms with E-state index in [1.54, 1.807) is 6.08 Å². The molecule has 0 aromatic carbocycles. The number of hydrogen-bond acceptors (Lipinski definition) is 6. The first kappa shape index (κ1) is 87.9. The van der Waals surface area contributed by atoms with Crippen LogP contribution in [0.2, 0.25) is 0 Å². The summed E-state index contributed by atoms with van der Waals surface area (Å²) in [4.78, 5) is 25.7. The molecule has 3 unspecified atom stereocenters. The van der Waals surface area contributed by atoms with Gasteiger partial charge in [-0.05, 0) is 96.3 Å². The number of phosphoric acid groups is 1. The van der Waals surface area contributed by atoms with Gasteiger partial charge in [-0.2, -0.15) is 0 Å². The Hall–Kier alpha value is -3.10. The average Bonchev–Trinajstić information content (AvgIpc) is 3.58. The molecule has 8 nitrogen and oxygen atoms in total. The summed E-state index contributed by atoms with van der Waals surface area (Å²) in [7, 11) is 1.24. The number of unbranched alkanes of at least 4 members (excludes halogenated alkanes) is 39. The van der Waals surface area contributed by atoms with Crippen molar-refractivity contribution >= 4 is 13.7 Å². The molecular formula is C82H147N2O6P.